The number of hydrogen-bond donors (Lipinski definition) is 1. The van der Waals surface area contributed by atoms with Crippen LogP contribution >= 0.6 is 15.9 Å². The topological polar surface area (TPSA) is 29.1 Å². The molecule has 3 heteroatoms. The Labute approximate surface area is 131 Å². The third-order valence-electron chi connectivity index (χ3n) is 5.83. The Kier molecular flexibility index (Phi) is 3.94. The molecule has 4 fully saturated rings. The molecule has 0 spiro atoms. The molecule has 4 bridgehead atoms. The number of halogens is 1. The van der Waals surface area contributed by atoms with E-state index in [1.165, 1.54) is 38.5 Å². The van der Waals surface area contributed by atoms with Gasteiger partial charge in [-0.15, -0.1) is 0 Å². The summed E-state index contributed by atoms with van der Waals surface area (Å²) < 4.78 is 0. The molecule has 4 aliphatic rings. The van der Waals surface area contributed by atoms with Crippen LogP contribution in [0, 0.1) is 28.6 Å². The largest absolute Gasteiger partial charge is 0.356 e. The first-order valence-electron chi connectivity index (χ1n) is 8.22. The van der Waals surface area contributed by atoms with E-state index in [1.807, 2.05) is 0 Å². The summed E-state index contributed by atoms with van der Waals surface area (Å²) in [6.07, 6.45) is 9.14. The van der Waals surface area contributed by atoms with Crippen LogP contribution in [0.15, 0.2) is 0 Å². The molecule has 4 aliphatic carbocycles. The van der Waals surface area contributed by atoms with Crippen LogP contribution in [0.2, 0.25) is 0 Å². The van der Waals surface area contributed by atoms with Crippen LogP contribution in [0.25, 0.3) is 0 Å². The molecule has 2 nitrogen and oxygen atoms in total. The maximum Gasteiger partial charge on any atom is 0.220 e. The molecule has 1 N–H and O–H groups in total. The standard InChI is InChI=1S/C17H28BrNO/c1-16(2,10-18)11-19-15(20)9-17-6-12-3-13(7-17)5-14(4-12)8-17/h12-14H,3-11H2,1-2H3,(H,19,20). The van der Waals surface area contributed by atoms with E-state index in [-0.39, 0.29) is 5.41 Å². The van der Waals surface area contributed by atoms with Crippen molar-refractivity contribution in [3.8, 4) is 0 Å². The van der Waals surface area contributed by atoms with Gasteiger partial charge in [-0.25, -0.2) is 0 Å². The second-order valence-electron chi connectivity index (χ2n) is 8.67. The molecule has 114 valence electrons. The Morgan fingerprint density at radius 2 is 1.65 bits per heavy atom. The predicted octanol–water partition coefficient (Wildman–Crippen LogP) is 4.13. The highest BCUT2D eigenvalue weighted by Gasteiger charge is 2.51. The van der Waals surface area contributed by atoms with Crippen LogP contribution in [-0.4, -0.2) is 17.8 Å². The lowest BCUT2D eigenvalue weighted by molar-refractivity contribution is -0.129. The summed E-state index contributed by atoms with van der Waals surface area (Å²) in [7, 11) is 0. The zero-order chi connectivity index (χ0) is 14.4. The van der Waals surface area contributed by atoms with Crippen LogP contribution in [0.5, 0.6) is 0 Å². The smallest absolute Gasteiger partial charge is 0.220 e. The molecule has 0 aromatic carbocycles. The van der Waals surface area contributed by atoms with E-state index in [9.17, 15) is 4.79 Å². The predicted molar refractivity (Wildman–Crippen MR) is 85.8 cm³/mol. The monoisotopic (exact) mass is 341 g/mol. The van der Waals surface area contributed by atoms with Crippen LogP contribution in [0.4, 0.5) is 0 Å². The van der Waals surface area contributed by atoms with Gasteiger partial charge in [0.15, 0.2) is 0 Å². The minimum Gasteiger partial charge on any atom is -0.356 e. The highest BCUT2D eigenvalue weighted by atomic mass is 79.9. The Bertz CT molecular complexity index is 355. The summed E-state index contributed by atoms with van der Waals surface area (Å²) >= 11 is 3.52. The van der Waals surface area contributed by atoms with Gasteiger partial charge in [0.1, 0.15) is 0 Å². The van der Waals surface area contributed by atoms with Crippen molar-refractivity contribution in [2.75, 3.05) is 11.9 Å². The molecule has 0 radical (unpaired) electrons. The fraction of sp³-hybridized carbons (Fsp3) is 0.941. The lowest BCUT2D eigenvalue weighted by Gasteiger charge is -2.56. The Morgan fingerprint density at radius 3 is 2.10 bits per heavy atom. The van der Waals surface area contributed by atoms with Crippen molar-refractivity contribution in [3.63, 3.8) is 0 Å². The van der Waals surface area contributed by atoms with Gasteiger partial charge in [-0.2, -0.15) is 0 Å². The molecule has 4 saturated carbocycles. The molecule has 1 amide bonds. The molecule has 20 heavy (non-hydrogen) atoms. The fourth-order valence-corrected chi connectivity index (χ4v) is 5.49. The van der Waals surface area contributed by atoms with Gasteiger partial charge in [-0.3, -0.25) is 4.79 Å². The van der Waals surface area contributed by atoms with E-state index >= 15 is 0 Å². The summed E-state index contributed by atoms with van der Waals surface area (Å²) in [6, 6.07) is 0. The van der Waals surface area contributed by atoms with Gasteiger partial charge in [0.2, 0.25) is 5.91 Å². The zero-order valence-corrected chi connectivity index (χ0v) is 14.5. The molecule has 0 unspecified atom stereocenters. The van der Waals surface area contributed by atoms with Crippen molar-refractivity contribution in [2.45, 2.75) is 58.8 Å². The maximum absolute atomic E-state index is 12.4. The minimum atomic E-state index is 0.150. The van der Waals surface area contributed by atoms with E-state index in [1.54, 1.807) is 0 Å². The summed E-state index contributed by atoms with van der Waals surface area (Å²) in [5.41, 5.74) is 0.522. The molecular formula is C17H28BrNO. The van der Waals surface area contributed by atoms with Gasteiger partial charge in [0, 0.05) is 18.3 Å². The highest BCUT2D eigenvalue weighted by molar-refractivity contribution is 9.09. The third kappa shape index (κ3) is 3.08. The van der Waals surface area contributed by atoms with E-state index in [0.29, 0.717) is 11.3 Å². The number of carbonyl (C=O) groups excluding carboxylic acids is 1. The van der Waals surface area contributed by atoms with Crippen molar-refractivity contribution >= 4 is 21.8 Å². The lowest BCUT2D eigenvalue weighted by Crippen LogP contribution is -2.48. The van der Waals surface area contributed by atoms with E-state index < -0.39 is 0 Å². The van der Waals surface area contributed by atoms with Crippen LogP contribution in [0.3, 0.4) is 0 Å². The Morgan fingerprint density at radius 1 is 1.15 bits per heavy atom. The number of hydrogen-bond acceptors (Lipinski definition) is 1. The average Bonchev–Trinajstić information content (AvgIpc) is 2.34. The quantitative estimate of drug-likeness (QED) is 0.748. The zero-order valence-electron chi connectivity index (χ0n) is 12.9. The second-order valence-corrected chi connectivity index (χ2v) is 9.23. The van der Waals surface area contributed by atoms with Crippen molar-refractivity contribution in [1.29, 1.82) is 0 Å². The van der Waals surface area contributed by atoms with Gasteiger partial charge in [0.25, 0.3) is 0 Å². The van der Waals surface area contributed by atoms with Crippen LogP contribution < -0.4 is 5.32 Å². The van der Waals surface area contributed by atoms with Crippen molar-refractivity contribution in [3.05, 3.63) is 0 Å². The van der Waals surface area contributed by atoms with Crippen LogP contribution in [-0.2, 0) is 4.79 Å². The van der Waals surface area contributed by atoms with Crippen LogP contribution in [0.1, 0.15) is 58.8 Å². The molecule has 0 saturated heterocycles. The second kappa shape index (κ2) is 5.30. The average molecular weight is 342 g/mol. The van der Waals surface area contributed by atoms with Crippen molar-refractivity contribution in [2.24, 2.45) is 28.6 Å². The number of carbonyl (C=O) groups is 1. The maximum atomic E-state index is 12.4. The molecule has 0 aromatic heterocycles. The molecule has 0 atom stereocenters. The molecular weight excluding hydrogens is 314 g/mol. The van der Waals surface area contributed by atoms with Gasteiger partial charge in [-0.1, -0.05) is 29.8 Å². The summed E-state index contributed by atoms with van der Waals surface area (Å²) in [4.78, 5) is 12.4. The van der Waals surface area contributed by atoms with E-state index in [2.05, 4.69) is 35.1 Å². The van der Waals surface area contributed by atoms with Gasteiger partial charge >= 0.3 is 0 Å². The minimum absolute atomic E-state index is 0.150. The first-order chi connectivity index (χ1) is 9.40. The first-order valence-corrected chi connectivity index (χ1v) is 9.35. The number of alkyl halides is 1. The molecule has 0 heterocycles. The van der Waals surface area contributed by atoms with Crippen molar-refractivity contribution in [1.82, 2.24) is 5.32 Å². The van der Waals surface area contributed by atoms with E-state index in [4.69, 9.17) is 0 Å². The Hall–Kier alpha value is -0.0500. The van der Waals surface area contributed by atoms with Gasteiger partial charge in [-0.05, 0) is 67.1 Å². The normalized spacial score (nSPS) is 39.0. The van der Waals surface area contributed by atoms with Gasteiger partial charge < -0.3 is 5.32 Å². The lowest BCUT2D eigenvalue weighted by atomic mass is 9.49. The molecule has 0 aromatic rings. The summed E-state index contributed by atoms with van der Waals surface area (Å²) in [6.45, 7) is 5.16. The number of rotatable bonds is 5. The first kappa shape index (κ1) is 14.9. The third-order valence-corrected chi connectivity index (χ3v) is 7.34. The molecule has 0 aliphatic heterocycles. The fourth-order valence-electron chi connectivity index (χ4n) is 5.29. The Balaban J connectivity index is 1.56. The van der Waals surface area contributed by atoms with Crippen molar-refractivity contribution < 1.29 is 4.79 Å². The SMILES string of the molecule is CC(C)(CBr)CNC(=O)CC12CC3CC(CC(C3)C1)C2. The summed E-state index contributed by atoms with van der Waals surface area (Å²) in [5.74, 6) is 3.11. The van der Waals surface area contributed by atoms with E-state index in [0.717, 1.165) is 36.0 Å². The highest BCUT2D eigenvalue weighted by Crippen LogP contribution is 2.61. The van der Waals surface area contributed by atoms with Gasteiger partial charge in [0.05, 0.1) is 0 Å². The number of nitrogens with one attached hydrogen (secondary N) is 1. The molecule has 4 rings (SSSR count). The summed E-state index contributed by atoms with van der Waals surface area (Å²) in [5, 5.41) is 4.11. The number of amides is 1.